The van der Waals surface area contributed by atoms with Gasteiger partial charge >= 0.3 is 0 Å². The summed E-state index contributed by atoms with van der Waals surface area (Å²) in [6.07, 6.45) is -0.125. The minimum Gasteiger partial charge on any atom is -0.394 e. The van der Waals surface area contributed by atoms with Crippen LogP contribution in [-0.4, -0.2) is 30.5 Å². The zero-order valence-corrected chi connectivity index (χ0v) is 17.5. The van der Waals surface area contributed by atoms with E-state index in [9.17, 15) is 22.7 Å². The first-order valence-electron chi connectivity index (χ1n) is 9.25. The minimum absolute atomic E-state index is 0.125. The molecule has 158 valence electrons. The molecule has 0 amide bonds. The molecular weight excluding hydrogens is 407 g/mol. The van der Waals surface area contributed by atoms with Crippen LogP contribution in [0.2, 0.25) is 0 Å². The third kappa shape index (κ3) is 3.81. The summed E-state index contributed by atoms with van der Waals surface area (Å²) in [4.78, 5) is 13.0. The maximum absolute atomic E-state index is 13.2. The Hall–Kier alpha value is -2.81. The second kappa shape index (κ2) is 8.14. The van der Waals surface area contributed by atoms with Crippen molar-refractivity contribution < 1.29 is 22.7 Å². The van der Waals surface area contributed by atoms with Crippen LogP contribution in [0.1, 0.15) is 32.9 Å². The number of aromatic nitrogens is 1. The first kappa shape index (κ1) is 21.9. The molecule has 0 aliphatic carbocycles. The molecule has 0 aliphatic rings. The van der Waals surface area contributed by atoms with Gasteiger partial charge in [0, 0.05) is 24.7 Å². The summed E-state index contributed by atoms with van der Waals surface area (Å²) in [7, 11) is -2.57. The van der Waals surface area contributed by atoms with Crippen molar-refractivity contribution in [1.82, 2.24) is 4.57 Å². The number of ketones is 1. The fraction of sp³-hybridized carbons (Fsp3) is 0.227. The van der Waals surface area contributed by atoms with Crippen molar-refractivity contribution in [3.63, 3.8) is 0 Å². The lowest BCUT2D eigenvalue weighted by Crippen LogP contribution is -2.46. The lowest BCUT2D eigenvalue weighted by Gasteiger charge is -2.30. The van der Waals surface area contributed by atoms with Gasteiger partial charge in [0.05, 0.1) is 12.3 Å². The van der Waals surface area contributed by atoms with Crippen LogP contribution < -0.4 is 5.14 Å². The highest BCUT2D eigenvalue weighted by molar-refractivity contribution is 7.90. The number of nitrogens with two attached hydrogens (primary N) is 1. The van der Waals surface area contributed by atoms with Crippen molar-refractivity contribution in [3.05, 3.63) is 94.6 Å². The van der Waals surface area contributed by atoms with Crippen LogP contribution in [0.15, 0.2) is 60.7 Å². The number of halogens is 1. The average Bonchev–Trinajstić information content (AvgIpc) is 2.98. The van der Waals surface area contributed by atoms with Crippen molar-refractivity contribution >= 4 is 15.8 Å². The molecule has 0 spiro atoms. The maximum Gasteiger partial charge on any atom is 0.221 e. The lowest BCUT2D eigenvalue weighted by atomic mass is 9.93. The van der Waals surface area contributed by atoms with Crippen LogP contribution in [0.4, 0.5) is 4.39 Å². The van der Waals surface area contributed by atoms with Crippen LogP contribution in [0, 0.1) is 12.7 Å². The van der Waals surface area contributed by atoms with Crippen molar-refractivity contribution in [2.75, 3.05) is 6.61 Å². The molecule has 0 fully saturated rings. The number of rotatable bonds is 7. The van der Waals surface area contributed by atoms with Crippen LogP contribution >= 0.6 is 0 Å². The highest BCUT2D eigenvalue weighted by Crippen LogP contribution is 2.34. The number of hydrogen-bond acceptors (Lipinski definition) is 4. The van der Waals surface area contributed by atoms with Crippen molar-refractivity contribution in [3.8, 4) is 0 Å². The molecular formula is C22H23FN2O4S. The molecule has 0 saturated heterocycles. The van der Waals surface area contributed by atoms with E-state index in [1.165, 1.54) is 24.3 Å². The van der Waals surface area contributed by atoms with Gasteiger partial charge in [-0.2, -0.15) is 0 Å². The Labute approximate surface area is 174 Å². The van der Waals surface area contributed by atoms with E-state index in [2.05, 4.69) is 0 Å². The van der Waals surface area contributed by atoms with Gasteiger partial charge < -0.3 is 9.67 Å². The number of sulfonamides is 1. The zero-order valence-electron chi connectivity index (χ0n) is 16.7. The quantitative estimate of drug-likeness (QED) is 0.562. The summed E-state index contributed by atoms with van der Waals surface area (Å²) >= 11 is 0. The monoisotopic (exact) mass is 430 g/mol. The van der Waals surface area contributed by atoms with Crippen molar-refractivity contribution in [1.29, 1.82) is 0 Å². The number of aliphatic hydroxyl groups excluding tert-OH is 1. The topological polar surface area (TPSA) is 102 Å². The smallest absolute Gasteiger partial charge is 0.221 e. The van der Waals surface area contributed by atoms with Crippen molar-refractivity contribution in [2.24, 2.45) is 12.2 Å². The number of nitrogens with zero attached hydrogens (tertiary/aromatic N) is 1. The average molecular weight is 431 g/mol. The SMILES string of the molecule is Cc1cc(CC(CO)(c2ccccc2)S(N)(=O)=O)n(C)c1C(=O)c1ccc(F)cc1. The Morgan fingerprint density at radius 3 is 2.27 bits per heavy atom. The Morgan fingerprint density at radius 1 is 1.13 bits per heavy atom. The molecule has 1 aromatic heterocycles. The van der Waals surface area contributed by atoms with E-state index in [0.29, 0.717) is 28.1 Å². The Kier molecular flexibility index (Phi) is 5.94. The van der Waals surface area contributed by atoms with E-state index in [4.69, 9.17) is 5.14 Å². The van der Waals surface area contributed by atoms with Gasteiger partial charge in [-0.05, 0) is 48.4 Å². The van der Waals surface area contributed by atoms with Gasteiger partial charge in [0.1, 0.15) is 10.6 Å². The van der Waals surface area contributed by atoms with Gasteiger partial charge in [0.25, 0.3) is 0 Å². The summed E-state index contributed by atoms with van der Waals surface area (Å²) in [5, 5.41) is 15.7. The number of aryl methyl sites for hydroxylation is 1. The molecule has 3 aromatic rings. The summed E-state index contributed by atoms with van der Waals surface area (Å²) in [6, 6.07) is 15.2. The van der Waals surface area contributed by atoms with E-state index < -0.39 is 27.2 Å². The molecule has 1 heterocycles. The Bertz CT molecular complexity index is 1170. The number of benzene rings is 2. The molecule has 0 aliphatic heterocycles. The maximum atomic E-state index is 13.2. The van der Waals surface area contributed by atoms with Crippen LogP contribution in [-0.2, 0) is 28.2 Å². The van der Waals surface area contributed by atoms with Gasteiger partial charge in [-0.25, -0.2) is 17.9 Å². The highest BCUT2D eigenvalue weighted by atomic mass is 32.2. The number of hydrogen-bond donors (Lipinski definition) is 2. The molecule has 2 aromatic carbocycles. The molecule has 3 N–H and O–H groups in total. The Balaban J connectivity index is 2.09. The van der Waals surface area contributed by atoms with E-state index in [1.54, 1.807) is 54.9 Å². The number of carbonyl (C=O) groups is 1. The predicted molar refractivity (Wildman–Crippen MR) is 112 cm³/mol. The normalized spacial score (nSPS) is 13.8. The van der Waals surface area contributed by atoms with Crippen LogP contribution in [0.25, 0.3) is 0 Å². The molecule has 30 heavy (non-hydrogen) atoms. The third-order valence-electron chi connectivity index (χ3n) is 5.41. The predicted octanol–water partition coefficient (Wildman–Crippen LogP) is 2.42. The van der Waals surface area contributed by atoms with E-state index in [-0.39, 0.29) is 12.2 Å². The summed E-state index contributed by atoms with van der Waals surface area (Å²) in [5.74, 6) is -0.759. The summed E-state index contributed by atoms with van der Waals surface area (Å²) < 4.78 is 38.2. The second-order valence-corrected chi connectivity index (χ2v) is 9.17. The molecule has 0 radical (unpaired) electrons. The molecule has 6 nitrogen and oxygen atoms in total. The molecule has 8 heteroatoms. The number of primary sulfonamides is 1. The summed E-state index contributed by atoms with van der Waals surface area (Å²) in [6.45, 7) is 1.02. The third-order valence-corrected chi connectivity index (χ3v) is 7.01. The molecule has 1 unspecified atom stereocenters. The molecule has 3 rings (SSSR count). The number of carbonyl (C=O) groups excluding carboxylic acids is 1. The zero-order chi connectivity index (χ0) is 22.1. The van der Waals surface area contributed by atoms with Gasteiger partial charge in [-0.1, -0.05) is 30.3 Å². The standard InChI is InChI=1S/C22H23FN2O4S/c1-15-12-19(25(2)20(15)21(27)16-8-10-18(23)11-9-16)13-22(14-26,30(24,28)29)17-6-4-3-5-7-17/h3-12,26H,13-14H2,1-2H3,(H2,24,28,29). The van der Waals surface area contributed by atoms with E-state index in [0.717, 1.165) is 0 Å². The molecule has 1 atom stereocenters. The van der Waals surface area contributed by atoms with Crippen molar-refractivity contribution in [2.45, 2.75) is 18.1 Å². The first-order valence-corrected chi connectivity index (χ1v) is 10.8. The molecule has 0 bridgehead atoms. The lowest BCUT2D eigenvalue weighted by molar-refractivity contribution is 0.103. The Morgan fingerprint density at radius 2 is 1.73 bits per heavy atom. The fourth-order valence-corrected chi connectivity index (χ4v) is 4.69. The molecule has 0 saturated carbocycles. The van der Waals surface area contributed by atoms with Crippen LogP contribution in [0.5, 0.6) is 0 Å². The largest absolute Gasteiger partial charge is 0.394 e. The van der Waals surface area contributed by atoms with Gasteiger partial charge in [0.15, 0.2) is 0 Å². The fourth-order valence-electron chi connectivity index (χ4n) is 3.70. The van der Waals surface area contributed by atoms with Crippen LogP contribution in [0.3, 0.4) is 0 Å². The van der Waals surface area contributed by atoms with E-state index >= 15 is 0 Å². The van der Waals surface area contributed by atoms with E-state index in [1.807, 2.05) is 0 Å². The first-order chi connectivity index (χ1) is 14.1. The minimum atomic E-state index is -4.22. The van der Waals surface area contributed by atoms with Gasteiger partial charge in [-0.15, -0.1) is 0 Å². The van der Waals surface area contributed by atoms with Gasteiger partial charge in [-0.3, -0.25) is 4.79 Å². The second-order valence-electron chi connectivity index (χ2n) is 7.30. The van der Waals surface area contributed by atoms with Gasteiger partial charge in [0.2, 0.25) is 15.8 Å². The number of aliphatic hydroxyl groups is 1. The highest BCUT2D eigenvalue weighted by Gasteiger charge is 2.44. The summed E-state index contributed by atoms with van der Waals surface area (Å²) in [5.41, 5.74) is 2.18.